The van der Waals surface area contributed by atoms with E-state index in [0.29, 0.717) is 0 Å². The molecule has 0 amide bonds. The van der Waals surface area contributed by atoms with Gasteiger partial charge in [0, 0.05) is 6.54 Å². The summed E-state index contributed by atoms with van der Waals surface area (Å²) in [5, 5.41) is 9.72. The van der Waals surface area contributed by atoms with E-state index in [1.54, 1.807) is 0 Å². The van der Waals surface area contributed by atoms with E-state index in [-0.39, 0.29) is 0 Å². The van der Waals surface area contributed by atoms with Gasteiger partial charge in [0.1, 0.15) is 6.54 Å². The van der Waals surface area contributed by atoms with Crippen LogP contribution in [0.1, 0.15) is 11.3 Å². The summed E-state index contributed by atoms with van der Waals surface area (Å²) in [7, 11) is 0. The number of H-pyrrole nitrogens is 1. The summed E-state index contributed by atoms with van der Waals surface area (Å²) in [6.45, 7) is 3.95. The van der Waals surface area contributed by atoms with Crippen molar-refractivity contribution in [2.75, 3.05) is 6.54 Å². The molecule has 1 aliphatic rings. The molecule has 0 saturated carbocycles. The highest BCUT2D eigenvalue weighted by molar-refractivity contribution is 5.25. The summed E-state index contributed by atoms with van der Waals surface area (Å²) in [4.78, 5) is 0. The van der Waals surface area contributed by atoms with Crippen molar-refractivity contribution >= 4 is 0 Å². The SMILES string of the molecule is [C]1NCCc2cn[nH]c21. The van der Waals surface area contributed by atoms with Crippen molar-refractivity contribution < 1.29 is 0 Å². The van der Waals surface area contributed by atoms with Crippen LogP contribution in [0, 0.1) is 6.54 Å². The van der Waals surface area contributed by atoms with Gasteiger partial charge in [-0.15, -0.1) is 0 Å². The fourth-order valence-corrected chi connectivity index (χ4v) is 0.957. The molecule has 0 aliphatic carbocycles. The molecule has 2 rings (SSSR count). The summed E-state index contributed by atoms with van der Waals surface area (Å²) >= 11 is 0. The van der Waals surface area contributed by atoms with E-state index in [9.17, 15) is 0 Å². The van der Waals surface area contributed by atoms with Gasteiger partial charge in [-0.1, -0.05) is 0 Å². The maximum atomic E-state index is 3.88. The normalized spacial score (nSPS) is 17.3. The molecule has 46 valence electrons. The van der Waals surface area contributed by atoms with Crippen LogP contribution in [0.3, 0.4) is 0 Å². The minimum Gasteiger partial charge on any atom is -0.302 e. The van der Waals surface area contributed by atoms with Crippen molar-refractivity contribution in [3.63, 3.8) is 0 Å². The minimum absolute atomic E-state index is 0.979. The first-order valence-corrected chi connectivity index (χ1v) is 2.98. The van der Waals surface area contributed by atoms with Crippen LogP contribution in [0.2, 0.25) is 0 Å². The monoisotopic (exact) mass is 121 g/mol. The second kappa shape index (κ2) is 1.84. The van der Waals surface area contributed by atoms with Gasteiger partial charge in [0.05, 0.1) is 11.9 Å². The van der Waals surface area contributed by atoms with E-state index >= 15 is 0 Å². The summed E-state index contributed by atoms with van der Waals surface area (Å²) < 4.78 is 0. The molecule has 1 aromatic rings. The molecular weight excluding hydrogens is 114 g/mol. The highest BCUT2D eigenvalue weighted by Gasteiger charge is 2.09. The number of aromatic amines is 1. The standard InChI is InChI=1S/C6H7N3/c1-2-7-4-6-5(1)3-8-9-6/h3,7H,1-2H2,(H,8,9). The molecule has 3 nitrogen and oxygen atoms in total. The number of nitrogens with one attached hydrogen (secondary N) is 2. The first-order valence-electron chi connectivity index (χ1n) is 2.98. The van der Waals surface area contributed by atoms with Crippen LogP contribution in [-0.2, 0) is 6.42 Å². The first kappa shape index (κ1) is 4.99. The lowest BCUT2D eigenvalue weighted by molar-refractivity contribution is 0.745. The minimum atomic E-state index is 0.979. The number of hydrogen-bond donors (Lipinski definition) is 2. The molecule has 0 spiro atoms. The second-order valence-electron chi connectivity index (χ2n) is 2.07. The number of rotatable bonds is 0. The third-order valence-electron chi connectivity index (χ3n) is 1.45. The maximum Gasteiger partial charge on any atom is 0.113 e. The van der Waals surface area contributed by atoms with E-state index in [4.69, 9.17) is 0 Å². The van der Waals surface area contributed by atoms with Crippen molar-refractivity contribution in [1.82, 2.24) is 15.5 Å². The zero-order valence-electron chi connectivity index (χ0n) is 4.94. The molecule has 0 fully saturated rings. The molecule has 0 aromatic carbocycles. The Morgan fingerprint density at radius 2 is 2.67 bits per heavy atom. The van der Waals surface area contributed by atoms with Gasteiger partial charge in [-0.25, -0.2) is 0 Å². The Labute approximate surface area is 53.5 Å². The zero-order chi connectivity index (χ0) is 6.10. The lowest BCUT2D eigenvalue weighted by Gasteiger charge is -2.08. The molecule has 2 radical (unpaired) electrons. The van der Waals surface area contributed by atoms with Crippen molar-refractivity contribution in [2.45, 2.75) is 6.42 Å². The Hall–Kier alpha value is -0.830. The number of fused-ring (bicyclic) bond motifs is 1. The molecule has 1 aliphatic heterocycles. The Bertz CT molecular complexity index is 183. The van der Waals surface area contributed by atoms with E-state index < -0.39 is 0 Å². The Kier molecular flexibility index (Phi) is 1.02. The average molecular weight is 121 g/mol. The number of hydrogen-bond acceptors (Lipinski definition) is 2. The van der Waals surface area contributed by atoms with Crippen LogP contribution in [0.15, 0.2) is 6.20 Å². The van der Waals surface area contributed by atoms with Crippen LogP contribution in [-0.4, -0.2) is 16.7 Å². The predicted molar refractivity (Wildman–Crippen MR) is 32.6 cm³/mol. The van der Waals surface area contributed by atoms with E-state index in [1.807, 2.05) is 6.20 Å². The lowest BCUT2D eigenvalue weighted by atomic mass is 10.1. The van der Waals surface area contributed by atoms with Crippen molar-refractivity contribution in [1.29, 1.82) is 0 Å². The van der Waals surface area contributed by atoms with Crippen LogP contribution in [0.25, 0.3) is 0 Å². The third-order valence-corrected chi connectivity index (χ3v) is 1.45. The van der Waals surface area contributed by atoms with Crippen LogP contribution < -0.4 is 5.32 Å². The fraction of sp³-hybridized carbons (Fsp3) is 0.333. The van der Waals surface area contributed by atoms with Gasteiger partial charge in [-0.05, 0) is 12.0 Å². The molecule has 2 N–H and O–H groups in total. The maximum absolute atomic E-state index is 3.88. The largest absolute Gasteiger partial charge is 0.302 e. The highest BCUT2D eigenvalue weighted by Crippen LogP contribution is 2.09. The lowest BCUT2D eigenvalue weighted by Crippen LogP contribution is -2.20. The Morgan fingerprint density at radius 3 is 3.56 bits per heavy atom. The zero-order valence-corrected chi connectivity index (χ0v) is 4.94. The van der Waals surface area contributed by atoms with E-state index in [0.717, 1.165) is 18.7 Å². The van der Waals surface area contributed by atoms with Gasteiger partial charge in [0.15, 0.2) is 0 Å². The predicted octanol–water partition coefficient (Wildman–Crippen LogP) is -0.0577. The first-order chi connectivity index (χ1) is 4.47. The summed E-state index contributed by atoms with van der Waals surface area (Å²) in [5.41, 5.74) is 2.26. The molecule has 9 heavy (non-hydrogen) atoms. The van der Waals surface area contributed by atoms with Crippen LogP contribution in [0.5, 0.6) is 0 Å². The molecule has 0 saturated heterocycles. The van der Waals surface area contributed by atoms with Gasteiger partial charge >= 0.3 is 0 Å². The van der Waals surface area contributed by atoms with Crippen LogP contribution >= 0.6 is 0 Å². The highest BCUT2D eigenvalue weighted by atomic mass is 15.1. The van der Waals surface area contributed by atoms with Crippen molar-refractivity contribution in [3.8, 4) is 0 Å². The Morgan fingerprint density at radius 1 is 1.67 bits per heavy atom. The number of aromatic nitrogens is 2. The van der Waals surface area contributed by atoms with E-state index in [1.165, 1.54) is 5.56 Å². The van der Waals surface area contributed by atoms with Crippen LogP contribution in [0.4, 0.5) is 0 Å². The third kappa shape index (κ3) is 0.733. The molecule has 0 atom stereocenters. The molecule has 1 aromatic heterocycles. The summed E-state index contributed by atoms with van der Waals surface area (Å²) in [5.74, 6) is 0. The van der Waals surface area contributed by atoms with Gasteiger partial charge in [0.25, 0.3) is 0 Å². The quantitative estimate of drug-likeness (QED) is 0.505. The van der Waals surface area contributed by atoms with Crippen molar-refractivity contribution in [3.05, 3.63) is 24.0 Å². The van der Waals surface area contributed by atoms with Gasteiger partial charge < -0.3 is 5.32 Å². The Balaban J connectivity index is 2.39. The smallest absolute Gasteiger partial charge is 0.113 e. The molecule has 0 bridgehead atoms. The van der Waals surface area contributed by atoms with Gasteiger partial charge in [0.2, 0.25) is 0 Å². The molecule has 2 heterocycles. The molecule has 3 heteroatoms. The average Bonchev–Trinajstić information content (AvgIpc) is 2.33. The molecule has 0 unspecified atom stereocenters. The summed E-state index contributed by atoms with van der Waals surface area (Å²) in [6.07, 6.45) is 2.90. The topological polar surface area (TPSA) is 40.7 Å². The fourth-order valence-electron chi connectivity index (χ4n) is 0.957. The number of nitrogens with zero attached hydrogens (tertiary/aromatic N) is 1. The molecular formula is C6H7N3. The van der Waals surface area contributed by atoms with E-state index in [2.05, 4.69) is 22.1 Å². The van der Waals surface area contributed by atoms with Gasteiger partial charge in [-0.2, -0.15) is 5.10 Å². The van der Waals surface area contributed by atoms with Gasteiger partial charge in [-0.3, -0.25) is 5.10 Å². The summed E-state index contributed by atoms with van der Waals surface area (Å²) in [6, 6.07) is 0. The van der Waals surface area contributed by atoms with Crippen molar-refractivity contribution in [2.24, 2.45) is 0 Å². The second-order valence-corrected chi connectivity index (χ2v) is 2.07.